The number of fused-ring (bicyclic) bond motifs is 1. The Labute approximate surface area is 125 Å². The summed E-state index contributed by atoms with van der Waals surface area (Å²) >= 11 is 0. The number of aromatic nitrogens is 1. The number of carbonyl (C=O) groups excluding carboxylic acids is 1. The van der Waals surface area contributed by atoms with Crippen molar-refractivity contribution in [3.05, 3.63) is 17.5 Å². The third kappa shape index (κ3) is 2.71. The van der Waals surface area contributed by atoms with Crippen LogP contribution in [0.1, 0.15) is 68.1 Å². The van der Waals surface area contributed by atoms with E-state index in [9.17, 15) is 9.90 Å². The van der Waals surface area contributed by atoms with Crippen LogP contribution in [0.4, 0.5) is 0 Å². The van der Waals surface area contributed by atoms with Crippen LogP contribution in [0.15, 0.2) is 10.6 Å². The summed E-state index contributed by atoms with van der Waals surface area (Å²) in [6.07, 6.45) is 4.81. The van der Waals surface area contributed by atoms with Crippen molar-refractivity contribution in [2.45, 2.75) is 57.5 Å². The first-order chi connectivity index (χ1) is 9.99. The monoisotopic (exact) mass is 292 g/mol. The van der Waals surface area contributed by atoms with Gasteiger partial charge in [-0.15, -0.1) is 0 Å². The molecule has 1 aliphatic carbocycles. The maximum absolute atomic E-state index is 12.5. The van der Waals surface area contributed by atoms with Gasteiger partial charge in [0.1, 0.15) is 5.76 Å². The van der Waals surface area contributed by atoms with Crippen LogP contribution < -0.4 is 0 Å². The predicted octanol–water partition coefficient (Wildman–Crippen LogP) is 2.57. The molecule has 2 fully saturated rings. The molecule has 0 bridgehead atoms. The second-order valence-electron chi connectivity index (χ2n) is 6.82. The Morgan fingerprint density at radius 3 is 3.00 bits per heavy atom. The molecule has 1 aromatic rings. The molecule has 1 saturated carbocycles. The molecule has 1 amide bonds. The van der Waals surface area contributed by atoms with Gasteiger partial charge in [0.25, 0.3) is 5.91 Å². The van der Waals surface area contributed by atoms with Gasteiger partial charge < -0.3 is 14.5 Å². The third-order valence-corrected chi connectivity index (χ3v) is 5.03. The standard InChI is InChI=1S/C16H24N2O3/c1-11(2)14-9-13(17-21-14)15(19)18-8-7-16(20)6-4-3-5-12(16)10-18/h9,11-12,20H,3-8,10H2,1-2H3/t12-,16-/m1/s1. The van der Waals surface area contributed by atoms with Gasteiger partial charge in [0.15, 0.2) is 5.69 Å². The minimum Gasteiger partial charge on any atom is -0.389 e. The summed E-state index contributed by atoms with van der Waals surface area (Å²) in [7, 11) is 0. The van der Waals surface area contributed by atoms with Gasteiger partial charge in [-0.2, -0.15) is 0 Å². The van der Waals surface area contributed by atoms with E-state index < -0.39 is 5.60 Å². The topological polar surface area (TPSA) is 66.6 Å². The number of piperidine rings is 1. The lowest BCUT2D eigenvalue weighted by Gasteiger charge is -2.47. The number of hydrogen-bond acceptors (Lipinski definition) is 4. The molecule has 0 unspecified atom stereocenters. The molecular formula is C16H24N2O3. The molecule has 1 saturated heterocycles. The molecule has 0 spiro atoms. The van der Waals surface area contributed by atoms with Crippen LogP contribution in [0.5, 0.6) is 0 Å². The highest BCUT2D eigenvalue weighted by Crippen LogP contribution is 2.40. The van der Waals surface area contributed by atoms with Crippen molar-refractivity contribution in [2.75, 3.05) is 13.1 Å². The van der Waals surface area contributed by atoms with Crippen molar-refractivity contribution in [1.82, 2.24) is 10.1 Å². The lowest BCUT2D eigenvalue weighted by molar-refractivity contribution is -0.0887. The summed E-state index contributed by atoms with van der Waals surface area (Å²) in [6.45, 7) is 5.27. The van der Waals surface area contributed by atoms with Crippen molar-refractivity contribution in [1.29, 1.82) is 0 Å². The first-order valence-corrected chi connectivity index (χ1v) is 7.98. The molecule has 1 aliphatic heterocycles. The van der Waals surface area contributed by atoms with E-state index in [4.69, 9.17) is 4.52 Å². The molecule has 5 heteroatoms. The molecule has 21 heavy (non-hydrogen) atoms. The minimum absolute atomic E-state index is 0.0710. The van der Waals surface area contributed by atoms with Crippen LogP contribution in [0.2, 0.25) is 0 Å². The number of rotatable bonds is 2. The van der Waals surface area contributed by atoms with E-state index >= 15 is 0 Å². The molecule has 0 aromatic carbocycles. The molecular weight excluding hydrogens is 268 g/mol. The molecule has 3 rings (SSSR count). The maximum atomic E-state index is 12.5. The summed E-state index contributed by atoms with van der Waals surface area (Å²) in [4.78, 5) is 14.4. The van der Waals surface area contributed by atoms with E-state index in [1.54, 1.807) is 6.07 Å². The van der Waals surface area contributed by atoms with Gasteiger partial charge in [-0.05, 0) is 19.3 Å². The van der Waals surface area contributed by atoms with Crippen LogP contribution >= 0.6 is 0 Å². The predicted molar refractivity (Wildman–Crippen MR) is 78.0 cm³/mol. The van der Waals surface area contributed by atoms with Crippen LogP contribution in [-0.2, 0) is 0 Å². The summed E-state index contributed by atoms with van der Waals surface area (Å²) in [6, 6.07) is 1.74. The van der Waals surface area contributed by atoms with Gasteiger partial charge in [-0.3, -0.25) is 4.79 Å². The Morgan fingerprint density at radius 2 is 2.29 bits per heavy atom. The van der Waals surface area contributed by atoms with Gasteiger partial charge >= 0.3 is 0 Å². The van der Waals surface area contributed by atoms with Crippen LogP contribution in [-0.4, -0.2) is 39.8 Å². The average Bonchev–Trinajstić information content (AvgIpc) is 2.95. The smallest absolute Gasteiger partial charge is 0.276 e. The van der Waals surface area contributed by atoms with E-state index in [0.717, 1.165) is 31.4 Å². The zero-order valence-corrected chi connectivity index (χ0v) is 12.8. The highest BCUT2D eigenvalue weighted by molar-refractivity contribution is 5.92. The molecule has 5 nitrogen and oxygen atoms in total. The maximum Gasteiger partial charge on any atom is 0.276 e. The molecule has 2 atom stereocenters. The summed E-state index contributed by atoms with van der Waals surface area (Å²) in [5, 5.41) is 14.6. The fourth-order valence-electron chi connectivity index (χ4n) is 3.58. The quantitative estimate of drug-likeness (QED) is 0.909. The molecule has 2 aliphatic rings. The lowest BCUT2D eigenvalue weighted by atomic mass is 9.71. The lowest BCUT2D eigenvalue weighted by Crippen LogP contribution is -2.54. The Kier molecular flexibility index (Phi) is 3.78. The Hall–Kier alpha value is -1.36. The number of aliphatic hydroxyl groups is 1. The van der Waals surface area contributed by atoms with Gasteiger partial charge in [0, 0.05) is 31.0 Å². The van der Waals surface area contributed by atoms with Crippen LogP contribution in [0.25, 0.3) is 0 Å². The fourth-order valence-corrected chi connectivity index (χ4v) is 3.58. The Morgan fingerprint density at radius 1 is 1.48 bits per heavy atom. The number of likely N-dealkylation sites (tertiary alicyclic amines) is 1. The van der Waals surface area contributed by atoms with Gasteiger partial charge in [0.2, 0.25) is 0 Å². The Bertz CT molecular complexity index is 525. The summed E-state index contributed by atoms with van der Waals surface area (Å²) < 4.78 is 5.22. The molecule has 1 aromatic heterocycles. The minimum atomic E-state index is -0.554. The second kappa shape index (κ2) is 5.44. The van der Waals surface area contributed by atoms with Crippen molar-refractivity contribution < 1.29 is 14.4 Å². The number of carbonyl (C=O) groups is 1. The highest BCUT2D eigenvalue weighted by atomic mass is 16.5. The number of amides is 1. The second-order valence-corrected chi connectivity index (χ2v) is 6.82. The molecule has 2 heterocycles. The van der Waals surface area contributed by atoms with Gasteiger partial charge in [-0.25, -0.2) is 0 Å². The van der Waals surface area contributed by atoms with E-state index in [1.165, 1.54) is 0 Å². The average molecular weight is 292 g/mol. The highest BCUT2D eigenvalue weighted by Gasteiger charge is 2.44. The van der Waals surface area contributed by atoms with Crippen molar-refractivity contribution >= 4 is 5.91 Å². The number of nitrogens with zero attached hydrogens (tertiary/aromatic N) is 2. The largest absolute Gasteiger partial charge is 0.389 e. The third-order valence-electron chi connectivity index (χ3n) is 5.03. The van der Waals surface area contributed by atoms with Crippen LogP contribution in [0.3, 0.4) is 0 Å². The van der Waals surface area contributed by atoms with E-state index in [0.29, 0.717) is 25.2 Å². The van der Waals surface area contributed by atoms with Crippen molar-refractivity contribution in [2.24, 2.45) is 5.92 Å². The zero-order valence-electron chi connectivity index (χ0n) is 12.8. The van der Waals surface area contributed by atoms with Crippen molar-refractivity contribution in [3.8, 4) is 0 Å². The first kappa shape index (κ1) is 14.6. The van der Waals surface area contributed by atoms with Gasteiger partial charge in [-0.1, -0.05) is 31.8 Å². The summed E-state index contributed by atoms with van der Waals surface area (Å²) in [5.74, 6) is 1.10. The number of hydrogen-bond donors (Lipinski definition) is 1. The van der Waals surface area contributed by atoms with Crippen LogP contribution in [0, 0.1) is 5.92 Å². The Balaban J connectivity index is 1.71. The molecule has 116 valence electrons. The normalized spacial score (nSPS) is 29.5. The SMILES string of the molecule is CC(C)c1cc(C(=O)N2CC[C@]3(O)CCCC[C@@H]3C2)no1. The zero-order chi connectivity index (χ0) is 15.0. The molecule has 0 radical (unpaired) electrons. The van der Waals surface area contributed by atoms with Crippen molar-refractivity contribution in [3.63, 3.8) is 0 Å². The molecule has 1 N–H and O–H groups in total. The van der Waals surface area contributed by atoms with E-state index in [1.807, 2.05) is 18.7 Å². The van der Waals surface area contributed by atoms with Gasteiger partial charge in [0.05, 0.1) is 5.60 Å². The fraction of sp³-hybridized carbons (Fsp3) is 0.750. The summed E-state index contributed by atoms with van der Waals surface area (Å²) in [5.41, 5.74) is -0.165. The van der Waals surface area contributed by atoms with E-state index in [2.05, 4.69) is 5.16 Å². The van der Waals surface area contributed by atoms with E-state index in [-0.39, 0.29) is 17.7 Å². The first-order valence-electron chi connectivity index (χ1n) is 7.98.